The molecule has 3 N–H and O–H groups in total. The molecule has 2 aliphatic rings. The molecule has 2 rings (SSSR count). The largest absolute Gasteiger partial charge is 0.378 e. The standard InChI is InChI=1S/C12H22N4O3/c13-11(17)9-15-3-1-10(2-4-15)14-12(18)16-5-7-19-8-6-16/h10H,1-9H2,(H2,13,17)(H,14,18). The number of hydrogen-bond acceptors (Lipinski definition) is 4. The second-order valence-corrected chi connectivity index (χ2v) is 5.07. The Morgan fingerprint density at radius 1 is 1.16 bits per heavy atom. The Labute approximate surface area is 113 Å². The van der Waals surface area contributed by atoms with E-state index in [1.807, 2.05) is 4.90 Å². The van der Waals surface area contributed by atoms with Gasteiger partial charge in [-0.2, -0.15) is 0 Å². The number of nitrogens with zero attached hydrogens (tertiary/aromatic N) is 2. The van der Waals surface area contributed by atoms with Crippen molar-refractivity contribution in [3.05, 3.63) is 0 Å². The van der Waals surface area contributed by atoms with Gasteiger partial charge in [0.25, 0.3) is 0 Å². The number of rotatable bonds is 3. The number of hydrogen-bond donors (Lipinski definition) is 2. The Kier molecular flexibility index (Phi) is 4.98. The summed E-state index contributed by atoms with van der Waals surface area (Å²) >= 11 is 0. The number of nitrogens with two attached hydrogens (primary N) is 1. The van der Waals surface area contributed by atoms with Crippen LogP contribution in [0.15, 0.2) is 0 Å². The molecule has 2 heterocycles. The SMILES string of the molecule is NC(=O)CN1CCC(NC(=O)N2CCOCC2)CC1. The molecule has 2 saturated heterocycles. The van der Waals surface area contributed by atoms with Crippen molar-refractivity contribution < 1.29 is 14.3 Å². The number of carbonyl (C=O) groups excluding carboxylic acids is 2. The van der Waals surface area contributed by atoms with Crippen LogP contribution in [0.4, 0.5) is 4.79 Å². The lowest BCUT2D eigenvalue weighted by Gasteiger charge is -2.34. The highest BCUT2D eigenvalue weighted by atomic mass is 16.5. The van der Waals surface area contributed by atoms with Gasteiger partial charge in [0, 0.05) is 32.2 Å². The van der Waals surface area contributed by atoms with Gasteiger partial charge < -0.3 is 20.7 Å². The predicted molar refractivity (Wildman–Crippen MR) is 69.6 cm³/mol. The van der Waals surface area contributed by atoms with Crippen LogP contribution in [0.2, 0.25) is 0 Å². The first kappa shape index (κ1) is 14.1. The number of carbonyl (C=O) groups is 2. The molecule has 2 aliphatic heterocycles. The number of primary amides is 1. The summed E-state index contributed by atoms with van der Waals surface area (Å²) in [4.78, 5) is 26.6. The maximum absolute atomic E-state index is 12.0. The monoisotopic (exact) mass is 270 g/mol. The lowest BCUT2D eigenvalue weighted by molar-refractivity contribution is -0.119. The fraction of sp³-hybridized carbons (Fsp3) is 0.833. The molecule has 0 radical (unpaired) electrons. The van der Waals surface area contributed by atoms with Gasteiger partial charge in [0.2, 0.25) is 5.91 Å². The summed E-state index contributed by atoms with van der Waals surface area (Å²) in [5.41, 5.74) is 5.17. The highest BCUT2D eigenvalue weighted by molar-refractivity contribution is 5.76. The zero-order chi connectivity index (χ0) is 13.7. The van der Waals surface area contributed by atoms with Crippen LogP contribution in [0.25, 0.3) is 0 Å². The van der Waals surface area contributed by atoms with E-state index in [2.05, 4.69) is 5.32 Å². The Bertz CT molecular complexity index is 323. The van der Waals surface area contributed by atoms with E-state index in [0.29, 0.717) is 32.8 Å². The first-order valence-electron chi connectivity index (χ1n) is 6.79. The average molecular weight is 270 g/mol. The first-order valence-corrected chi connectivity index (χ1v) is 6.79. The van der Waals surface area contributed by atoms with Crippen molar-refractivity contribution in [3.63, 3.8) is 0 Å². The highest BCUT2D eigenvalue weighted by Gasteiger charge is 2.24. The molecule has 0 aromatic carbocycles. The number of likely N-dealkylation sites (tertiary alicyclic amines) is 1. The summed E-state index contributed by atoms with van der Waals surface area (Å²) in [6.07, 6.45) is 1.73. The van der Waals surface area contributed by atoms with Crippen LogP contribution in [0.3, 0.4) is 0 Å². The summed E-state index contributed by atoms with van der Waals surface area (Å²) in [6, 6.07) is 0.191. The molecule has 0 saturated carbocycles. The van der Waals surface area contributed by atoms with Gasteiger partial charge in [0.05, 0.1) is 19.8 Å². The zero-order valence-electron chi connectivity index (χ0n) is 11.1. The van der Waals surface area contributed by atoms with Crippen molar-refractivity contribution in [2.75, 3.05) is 45.9 Å². The fourth-order valence-corrected chi connectivity index (χ4v) is 2.49. The van der Waals surface area contributed by atoms with E-state index < -0.39 is 0 Å². The van der Waals surface area contributed by atoms with Gasteiger partial charge >= 0.3 is 6.03 Å². The second-order valence-electron chi connectivity index (χ2n) is 5.07. The minimum absolute atomic E-state index is 0.00310. The number of urea groups is 1. The highest BCUT2D eigenvalue weighted by Crippen LogP contribution is 2.10. The third-order valence-electron chi connectivity index (χ3n) is 3.59. The van der Waals surface area contributed by atoms with Crippen molar-refractivity contribution in [2.24, 2.45) is 5.73 Å². The molecule has 7 heteroatoms. The summed E-state index contributed by atoms with van der Waals surface area (Å²) in [7, 11) is 0. The topological polar surface area (TPSA) is 87.9 Å². The molecule has 0 bridgehead atoms. The minimum atomic E-state index is -0.296. The molecule has 7 nitrogen and oxygen atoms in total. The van der Waals surface area contributed by atoms with Crippen LogP contribution in [0.5, 0.6) is 0 Å². The van der Waals surface area contributed by atoms with Gasteiger partial charge in [-0.1, -0.05) is 0 Å². The molecule has 0 spiro atoms. The maximum Gasteiger partial charge on any atom is 0.317 e. The molecular formula is C12H22N4O3. The molecule has 0 atom stereocenters. The molecule has 108 valence electrons. The van der Waals surface area contributed by atoms with E-state index in [-0.39, 0.29) is 18.0 Å². The molecular weight excluding hydrogens is 248 g/mol. The van der Waals surface area contributed by atoms with Crippen LogP contribution >= 0.6 is 0 Å². The molecule has 0 unspecified atom stereocenters. The van der Waals surface area contributed by atoms with Crippen LogP contribution in [0.1, 0.15) is 12.8 Å². The number of piperidine rings is 1. The smallest absolute Gasteiger partial charge is 0.317 e. The fourth-order valence-electron chi connectivity index (χ4n) is 2.49. The van der Waals surface area contributed by atoms with Crippen LogP contribution in [-0.4, -0.2) is 73.7 Å². The summed E-state index contributed by atoms with van der Waals surface area (Å²) in [5.74, 6) is -0.296. The lowest BCUT2D eigenvalue weighted by Crippen LogP contribution is -2.52. The van der Waals surface area contributed by atoms with Gasteiger partial charge in [-0.3, -0.25) is 9.69 Å². The van der Waals surface area contributed by atoms with Crippen molar-refractivity contribution >= 4 is 11.9 Å². The molecule has 2 fully saturated rings. The Balaban J connectivity index is 1.69. The van der Waals surface area contributed by atoms with E-state index >= 15 is 0 Å². The van der Waals surface area contributed by atoms with Gasteiger partial charge in [-0.05, 0) is 12.8 Å². The third-order valence-corrected chi connectivity index (χ3v) is 3.59. The Morgan fingerprint density at radius 2 is 1.79 bits per heavy atom. The molecule has 0 aromatic heterocycles. The number of nitrogens with one attached hydrogen (secondary N) is 1. The van der Waals surface area contributed by atoms with E-state index in [1.165, 1.54) is 0 Å². The van der Waals surface area contributed by atoms with Gasteiger partial charge in [-0.15, -0.1) is 0 Å². The van der Waals surface area contributed by atoms with Crippen molar-refractivity contribution in [1.82, 2.24) is 15.1 Å². The van der Waals surface area contributed by atoms with Crippen molar-refractivity contribution in [1.29, 1.82) is 0 Å². The van der Waals surface area contributed by atoms with Crippen LogP contribution in [-0.2, 0) is 9.53 Å². The van der Waals surface area contributed by atoms with Crippen molar-refractivity contribution in [3.8, 4) is 0 Å². The van der Waals surface area contributed by atoms with E-state index in [0.717, 1.165) is 25.9 Å². The van der Waals surface area contributed by atoms with Gasteiger partial charge in [0.15, 0.2) is 0 Å². The Hall–Kier alpha value is -1.34. The molecule has 0 aromatic rings. The summed E-state index contributed by atoms with van der Waals surface area (Å²) in [6.45, 7) is 4.46. The van der Waals surface area contributed by atoms with Crippen LogP contribution in [0, 0.1) is 0 Å². The summed E-state index contributed by atoms with van der Waals surface area (Å²) < 4.78 is 5.22. The van der Waals surface area contributed by atoms with Gasteiger partial charge in [-0.25, -0.2) is 4.79 Å². The number of ether oxygens (including phenoxy) is 1. The quantitative estimate of drug-likeness (QED) is 0.687. The van der Waals surface area contributed by atoms with E-state index in [1.54, 1.807) is 4.90 Å². The van der Waals surface area contributed by atoms with Crippen molar-refractivity contribution in [2.45, 2.75) is 18.9 Å². The first-order chi connectivity index (χ1) is 9.15. The number of amides is 3. The predicted octanol–water partition coefficient (Wildman–Crippen LogP) is -1.02. The second kappa shape index (κ2) is 6.72. The average Bonchev–Trinajstić information content (AvgIpc) is 2.41. The summed E-state index contributed by atoms with van der Waals surface area (Å²) in [5, 5.41) is 3.05. The van der Waals surface area contributed by atoms with E-state index in [4.69, 9.17) is 10.5 Å². The maximum atomic E-state index is 12.0. The normalized spacial score (nSPS) is 22.2. The lowest BCUT2D eigenvalue weighted by atomic mass is 10.1. The molecule has 19 heavy (non-hydrogen) atoms. The zero-order valence-corrected chi connectivity index (χ0v) is 11.1. The van der Waals surface area contributed by atoms with Crippen LogP contribution < -0.4 is 11.1 Å². The van der Waals surface area contributed by atoms with E-state index in [9.17, 15) is 9.59 Å². The minimum Gasteiger partial charge on any atom is -0.378 e. The van der Waals surface area contributed by atoms with Gasteiger partial charge in [0.1, 0.15) is 0 Å². The number of morpholine rings is 1. The molecule has 3 amide bonds. The Morgan fingerprint density at radius 3 is 2.37 bits per heavy atom. The third kappa shape index (κ3) is 4.36. The molecule has 0 aliphatic carbocycles.